The summed E-state index contributed by atoms with van der Waals surface area (Å²) in [4.78, 5) is 9.73. The van der Waals surface area contributed by atoms with Gasteiger partial charge in [0.25, 0.3) is 0 Å². The number of aromatic nitrogens is 2. The number of halogens is 1. The third-order valence-corrected chi connectivity index (χ3v) is 3.42. The molecule has 1 aromatic rings. The van der Waals surface area contributed by atoms with Gasteiger partial charge in [0.2, 0.25) is 0 Å². The molecule has 0 atom stereocenters. The van der Waals surface area contributed by atoms with E-state index in [1.54, 1.807) is 12.3 Å². The van der Waals surface area contributed by atoms with Gasteiger partial charge in [0.05, 0.1) is 0 Å². The fourth-order valence-electron chi connectivity index (χ4n) is 1.61. The average molecular weight is 246 g/mol. The predicted molar refractivity (Wildman–Crippen MR) is 55.8 cm³/mol. The van der Waals surface area contributed by atoms with E-state index in [9.17, 15) is 12.3 Å². The van der Waals surface area contributed by atoms with Crippen molar-refractivity contribution < 1.29 is 12.3 Å². The summed E-state index contributed by atoms with van der Waals surface area (Å²) >= 11 is 0. The summed E-state index contributed by atoms with van der Waals surface area (Å²) in [5.74, 6) is 0.728. The second-order valence-electron chi connectivity index (χ2n) is 3.40. The molecule has 1 saturated heterocycles. The van der Waals surface area contributed by atoms with E-state index in [1.165, 1.54) is 6.33 Å². The van der Waals surface area contributed by atoms with E-state index in [4.69, 9.17) is 0 Å². The van der Waals surface area contributed by atoms with Gasteiger partial charge in [0, 0.05) is 32.4 Å². The lowest BCUT2D eigenvalue weighted by Crippen LogP contribution is -2.47. The van der Waals surface area contributed by atoms with Gasteiger partial charge in [-0.1, -0.05) is 3.89 Å². The van der Waals surface area contributed by atoms with Crippen LogP contribution in [0.2, 0.25) is 0 Å². The van der Waals surface area contributed by atoms with Crippen molar-refractivity contribution in [1.82, 2.24) is 14.3 Å². The molecule has 88 valence electrons. The molecule has 0 saturated carbocycles. The maximum Gasteiger partial charge on any atom is 0.374 e. The molecule has 1 aromatic heterocycles. The second-order valence-corrected chi connectivity index (χ2v) is 4.74. The Hall–Kier alpha value is -1.28. The lowest BCUT2D eigenvalue weighted by atomic mass is 10.3. The molecule has 0 spiro atoms. The molecule has 8 heteroatoms. The maximum atomic E-state index is 12.7. The Labute approximate surface area is 93.1 Å². The molecule has 16 heavy (non-hydrogen) atoms. The van der Waals surface area contributed by atoms with Gasteiger partial charge in [0.15, 0.2) is 0 Å². The van der Waals surface area contributed by atoms with Gasteiger partial charge in [0.1, 0.15) is 12.1 Å². The third-order valence-electron chi connectivity index (χ3n) is 2.44. The van der Waals surface area contributed by atoms with Crippen molar-refractivity contribution in [3.8, 4) is 0 Å². The van der Waals surface area contributed by atoms with E-state index in [0.717, 1.165) is 10.1 Å². The summed E-state index contributed by atoms with van der Waals surface area (Å²) in [5, 5.41) is 0. The van der Waals surface area contributed by atoms with E-state index < -0.39 is 10.4 Å². The average Bonchev–Trinajstić information content (AvgIpc) is 2.29. The molecular weight excluding hydrogens is 235 g/mol. The Bertz CT molecular complexity index is 444. The van der Waals surface area contributed by atoms with Gasteiger partial charge in [-0.2, -0.15) is 12.7 Å². The van der Waals surface area contributed by atoms with Crippen LogP contribution >= 0.6 is 0 Å². The Morgan fingerprint density at radius 3 is 2.44 bits per heavy atom. The quantitative estimate of drug-likeness (QED) is 0.677. The number of hydrogen-bond acceptors (Lipinski definition) is 5. The first-order valence-electron chi connectivity index (χ1n) is 4.78. The molecule has 1 aliphatic heterocycles. The lowest BCUT2D eigenvalue weighted by molar-refractivity contribution is 0.362. The van der Waals surface area contributed by atoms with Crippen molar-refractivity contribution >= 4 is 16.2 Å². The van der Waals surface area contributed by atoms with Crippen molar-refractivity contribution in [3.05, 3.63) is 18.6 Å². The van der Waals surface area contributed by atoms with Gasteiger partial charge >= 0.3 is 10.4 Å². The third kappa shape index (κ3) is 2.45. The molecule has 2 rings (SSSR count). The smallest absolute Gasteiger partial charge is 0.354 e. The molecule has 0 unspecified atom stereocenters. The normalized spacial score (nSPS) is 18.7. The van der Waals surface area contributed by atoms with Crippen LogP contribution in [0.15, 0.2) is 18.6 Å². The Morgan fingerprint density at radius 2 is 1.94 bits per heavy atom. The fourth-order valence-corrected chi connectivity index (χ4v) is 2.21. The summed E-state index contributed by atoms with van der Waals surface area (Å²) in [6.45, 7) is 1.14. The molecule has 0 aliphatic carbocycles. The highest BCUT2D eigenvalue weighted by molar-refractivity contribution is 7.83. The Balaban J connectivity index is 2.01. The summed E-state index contributed by atoms with van der Waals surface area (Å²) in [6, 6.07) is 1.74. The molecule has 0 bridgehead atoms. The van der Waals surface area contributed by atoms with E-state index in [2.05, 4.69) is 9.97 Å². The molecule has 1 fully saturated rings. The van der Waals surface area contributed by atoms with Gasteiger partial charge in [-0.3, -0.25) is 0 Å². The molecule has 0 N–H and O–H groups in total. The van der Waals surface area contributed by atoms with Crippen molar-refractivity contribution in [3.63, 3.8) is 0 Å². The highest BCUT2D eigenvalue weighted by atomic mass is 32.3. The highest BCUT2D eigenvalue weighted by Gasteiger charge is 2.26. The lowest BCUT2D eigenvalue weighted by Gasteiger charge is -2.32. The van der Waals surface area contributed by atoms with Crippen LogP contribution in [-0.4, -0.2) is 48.9 Å². The molecule has 1 aliphatic rings. The van der Waals surface area contributed by atoms with Crippen molar-refractivity contribution in [2.24, 2.45) is 0 Å². The van der Waals surface area contributed by atoms with Crippen LogP contribution in [0.5, 0.6) is 0 Å². The van der Waals surface area contributed by atoms with Gasteiger partial charge in [-0.05, 0) is 6.07 Å². The van der Waals surface area contributed by atoms with Crippen LogP contribution in [-0.2, 0) is 10.4 Å². The molecule has 0 amide bonds. The standard InChI is InChI=1S/C8H11FN4O2S/c9-16(14,15)13-5-3-12(4-6-13)8-1-2-10-7-11-8/h1-2,7H,3-6H2. The number of anilines is 1. The molecular formula is C8H11FN4O2S. The van der Waals surface area contributed by atoms with E-state index in [0.29, 0.717) is 13.1 Å². The van der Waals surface area contributed by atoms with Crippen molar-refractivity contribution in [2.75, 3.05) is 31.1 Å². The summed E-state index contributed by atoms with van der Waals surface area (Å²) in [5.41, 5.74) is 0. The van der Waals surface area contributed by atoms with Crippen LogP contribution in [0.1, 0.15) is 0 Å². The number of piperazine rings is 1. The van der Waals surface area contributed by atoms with Gasteiger partial charge in [-0.15, -0.1) is 0 Å². The fraction of sp³-hybridized carbons (Fsp3) is 0.500. The molecule has 6 nitrogen and oxygen atoms in total. The first-order valence-corrected chi connectivity index (χ1v) is 6.12. The Morgan fingerprint density at radius 1 is 1.25 bits per heavy atom. The largest absolute Gasteiger partial charge is 0.374 e. The van der Waals surface area contributed by atoms with E-state index in [-0.39, 0.29) is 13.1 Å². The first-order chi connectivity index (χ1) is 7.57. The summed E-state index contributed by atoms with van der Waals surface area (Å²) in [6.07, 6.45) is 3.04. The zero-order valence-corrected chi connectivity index (χ0v) is 9.27. The zero-order valence-electron chi connectivity index (χ0n) is 8.45. The summed E-state index contributed by atoms with van der Waals surface area (Å²) in [7, 11) is -4.56. The van der Waals surface area contributed by atoms with Crippen LogP contribution in [0.3, 0.4) is 0 Å². The SMILES string of the molecule is O=S(=O)(F)N1CCN(c2ccncn2)CC1. The van der Waals surface area contributed by atoms with Crippen molar-refractivity contribution in [1.29, 1.82) is 0 Å². The van der Waals surface area contributed by atoms with E-state index in [1.807, 2.05) is 4.90 Å². The van der Waals surface area contributed by atoms with Gasteiger partial charge in [-0.25, -0.2) is 9.97 Å². The molecule has 2 heterocycles. The minimum Gasteiger partial charge on any atom is -0.354 e. The highest BCUT2D eigenvalue weighted by Crippen LogP contribution is 2.14. The van der Waals surface area contributed by atoms with Crippen LogP contribution in [0.4, 0.5) is 9.70 Å². The number of nitrogens with zero attached hydrogens (tertiary/aromatic N) is 4. The number of rotatable bonds is 2. The second kappa shape index (κ2) is 4.30. The van der Waals surface area contributed by atoms with E-state index >= 15 is 0 Å². The predicted octanol–water partition coefficient (Wildman–Crippen LogP) is -0.187. The van der Waals surface area contributed by atoms with Crippen LogP contribution < -0.4 is 4.90 Å². The van der Waals surface area contributed by atoms with Crippen molar-refractivity contribution in [2.45, 2.75) is 0 Å². The summed E-state index contributed by atoms with van der Waals surface area (Å²) < 4.78 is 34.8. The molecule has 0 radical (unpaired) electrons. The minimum absolute atomic E-state index is 0.142. The topological polar surface area (TPSA) is 66.4 Å². The van der Waals surface area contributed by atoms with Crippen LogP contribution in [0.25, 0.3) is 0 Å². The monoisotopic (exact) mass is 246 g/mol. The Kier molecular flexibility index (Phi) is 3.01. The maximum absolute atomic E-state index is 12.7. The number of hydrogen-bond donors (Lipinski definition) is 0. The van der Waals surface area contributed by atoms with Crippen LogP contribution in [0, 0.1) is 0 Å². The zero-order chi connectivity index (χ0) is 11.6. The minimum atomic E-state index is -4.56. The molecule has 0 aromatic carbocycles. The van der Waals surface area contributed by atoms with Gasteiger partial charge < -0.3 is 4.90 Å². The first kappa shape index (κ1) is 11.2.